The minimum Gasteiger partial charge on any atom is -0.368 e. The van der Waals surface area contributed by atoms with Gasteiger partial charge in [-0.25, -0.2) is 15.0 Å². The number of nitrogens with one attached hydrogen (secondary N) is 3. The molecule has 3 aromatic rings. The zero-order valence-corrected chi connectivity index (χ0v) is 15.3. The molecule has 28 heavy (non-hydrogen) atoms. The Kier molecular flexibility index (Phi) is 7.28. The van der Waals surface area contributed by atoms with Gasteiger partial charge in [0.25, 0.3) is 0 Å². The molecule has 1 amide bonds. The van der Waals surface area contributed by atoms with Crippen LogP contribution in [0.2, 0.25) is 0 Å². The van der Waals surface area contributed by atoms with Crippen molar-refractivity contribution in [1.29, 1.82) is 0 Å². The van der Waals surface area contributed by atoms with Crippen molar-refractivity contribution in [1.82, 2.24) is 20.3 Å². The Morgan fingerprint density at radius 3 is 2.54 bits per heavy atom. The number of pyridine rings is 1. The van der Waals surface area contributed by atoms with Crippen molar-refractivity contribution in [3.8, 4) is 0 Å². The summed E-state index contributed by atoms with van der Waals surface area (Å²) in [5, 5.41) is 9.04. The number of nitrogens with zero attached hydrogens (tertiary/aromatic N) is 3. The van der Waals surface area contributed by atoms with Gasteiger partial charge >= 0.3 is 0 Å². The van der Waals surface area contributed by atoms with Crippen molar-refractivity contribution in [2.24, 2.45) is 0 Å². The number of aromatic nitrogens is 3. The fourth-order valence-corrected chi connectivity index (χ4v) is 2.37. The van der Waals surface area contributed by atoms with Crippen LogP contribution in [0.1, 0.15) is 5.56 Å². The van der Waals surface area contributed by atoms with Gasteiger partial charge < -0.3 is 20.7 Å². The van der Waals surface area contributed by atoms with E-state index >= 15 is 0 Å². The molecule has 3 N–H and O–H groups in total. The molecule has 0 saturated carbocycles. The zero-order valence-electron chi connectivity index (χ0n) is 15.3. The van der Waals surface area contributed by atoms with Crippen molar-refractivity contribution >= 4 is 23.4 Å². The van der Waals surface area contributed by atoms with E-state index in [9.17, 15) is 4.79 Å². The number of carbonyl (C=O) groups is 1. The molecule has 2 aromatic heterocycles. The van der Waals surface area contributed by atoms with Crippen molar-refractivity contribution in [2.75, 3.05) is 30.3 Å². The van der Waals surface area contributed by atoms with E-state index in [1.54, 1.807) is 12.3 Å². The Morgan fingerprint density at radius 2 is 1.71 bits per heavy atom. The summed E-state index contributed by atoms with van der Waals surface area (Å²) < 4.78 is 5.40. The van der Waals surface area contributed by atoms with E-state index in [0.29, 0.717) is 37.1 Å². The summed E-state index contributed by atoms with van der Waals surface area (Å²) in [6, 6.07) is 17.1. The molecule has 2 heterocycles. The largest absolute Gasteiger partial charge is 0.368 e. The number of hydrogen-bond acceptors (Lipinski definition) is 7. The van der Waals surface area contributed by atoms with Crippen molar-refractivity contribution in [3.63, 3.8) is 0 Å². The molecular formula is C20H22N6O2. The molecule has 0 fully saturated rings. The van der Waals surface area contributed by atoms with Gasteiger partial charge in [0, 0.05) is 25.4 Å². The number of carbonyl (C=O) groups excluding carboxylic acids is 1. The highest BCUT2D eigenvalue weighted by atomic mass is 16.5. The van der Waals surface area contributed by atoms with E-state index in [1.165, 1.54) is 6.33 Å². The lowest BCUT2D eigenvalue weighted by Crippen LogP contribution is -2.31. The van der Waals surface area contributed by atoms with Gasteiger partial charge in [0.2, 0.25) is 5.91 Å². The van der Waals surface area contributed by atoms with Crippen molar-refractivity contribution in [2.45, 2.75) is 6.61 Å². The number of ether oxygens (including phenoxy) is 1. The summed E-state index contributed by atoms with van der Waals surface area (Å²) in [6.07, 6.45) is 3.17. The summed E-state index contributed by atoms with van der Waals surface area (Å²) in [5.74, 6) is 1.84. The van der Waals surface area contributed by atoms with E-state index in [4.69, 9.17) is 4.74 Å². The van der Waals surface area contributed by atoms with Gasteiger partial charge in [0.1, 0.15) is 30.4 Å². The first-order valence-corrected chi connectivity index (χ1v) is 8.92. The fourth-order valence-electron chi connectivity index (χ4n) is 2.37. The molecular weight excluding hydrogens is 356 g/mol. The molecule has 0 aliphatic rings. The van der Waals surface area contributed by atoms with E-state index in [1.807, 2.05) is 48.5 Å². The first-order valence-electron chi connectivity index (χ1n) is 8.92. The second-order valence-electron chi connectivity index (χ2n) is 5.88. The molecule has 8 nitrogen and oxygen atoms in total. The smallest absolute Gasteiger partial charge is 0.246 e. The third-order valence-electron chi connectivity index (χ3n) is 3.69. The molecule has 1 aromatic carbocycles. The van der Waals surface area contributed by atoms with Gasteiger partial charge in [-0.2, -0.15) is 0 Å². The van der Waals surface area contributed by atoms with E-state index in [0.717, 1.165) is 5.56 Å². The quantitative estimate of drug-likeness (QED) is 0.466. The standard InChI is InChI=1S/C20H22N6O2/c27-20(14-28-13-16-6-2-1-3-7-16)23-11-10-22-18-12-19(25-15-24-18)26-17-8-4-5-9-21-17/h1-9,12,15H,10-11,13-14H2,(H,23,27)(H2,21,22,24,25,26). The summed E-state index contributed by atoms with van der Waals surface area (Å²) in [6.45, 7) is 1.44. The third kappa shape index (κ3) is 6.65. The van der Waals surface area contributed by atoms with Crippen LogP contribution in [0.5, 0.6) is 0 Å². The normalized spacial score (nSPS) is 10.3. The van der Waals surface area contributed by atoms with Crippen LogP contribution in [0.4, 0.5) is 17.5 Å². The molecule has 144 valence electrons. The molecule has 8 heteroatoms. The fraction of sp³-hybridized carbons (Fsp3) is 0.200. The molecule has 0 unspecified atom stereocenters. The average molecular weight is 378 g/mol. The summed E-state index contributed by atoms with van der Waals surface area (Å²) >= 11 is 0. The average Bonchev–Trinajstić information content (AvgIpc) is 2.73. The van der Waals surface area contributed by atoms with Crippen LogP contribution in [-0.2, 0) is 16.1 Å². The predicted molar refractivity (Wildman–Crippen MR) is 107 cm³/mol. The predicted octanol–water partition coefficient (Wildman–Crippen LogP) is 2.36. The van der Waals surface area contributed by atoms with E-state index < -0.39 is 0 Å². The monoisotopic (exact) mass is 378 g/mol. The number of amides is 1. The Labute approximate surface area is 163 Å². The number of benzene rings is 1. The first kappa shape index (κ1) is 19.2. The highest BCUT2D eigenvalue weighted by Gasteiger charge is 2.03. The molecule has 0 spiro atoms. The maximum Gasteiger partial charge on any atom is 0.246 e. The van der Waals surface area contributed by atoms with Crippen LogP contribution in [0.25, 0.3) is 0 Å². The SMILES string of the molecule is O=C(COCc1ccccc1)NCCNc1cc(Nc2ccccn2)ncn1. The zero-order chi connectivity index (χ0) is 19.4. The van der Waals surface area contributed by atoms with Crippen LogP contribution in [0.3, 0.4) is 0 Å². The Hall–Kier alpha value is -3.52. The number of anilines is 3. The molecule has 0 saturated heterocycles. The van der Waals surface area contributed by atoms with Gasteiger partial charge in [-0.05, 0) is 17.7 Å². The second-order valence-corrected chi connectivity index (χ2v) is 5.88. The molecule has 0 aliphatic heterocycles. The van der Waals surface area contributed by atoms with Crippen molar-refractivity contribution in [3.05, 3.63) is 72.7 Å². The van der Waals surface area contributed by atoms with Crippen LogP contribution in [0.15, 0.2) is 67.1 Å². The maximum atomic E-state index is 11.8. The van der Waals surface area contributed by atoms with Gasteiger partial charge in [-0.3, -0.25) is 4.79 Å². The number of hydrogen-bond donors (Lipinski definition) is 3. The summed E-state index contributed by atoms with van der Waals surface area (Å²) in [7, 11) is 0. The lowest BCUT2D eigenvalue weighted by atomic mass is 10.2. The Bertz CT molecular complexity index is 861. The highest BCUT2D eigenvalue weighted by molar-refractivity contribution is 5.77. The van der Waals surface area contributed by atoms with Crippen LogP contribution in [-0.4, -0.2) is 40.6 Å². The van der Waals surface area contributed by atoms with E-state index in [2.05, 4.69) is 30.9 Å². The van der Waals surface area contributed by atoms with Gasteiger partial charge in [-0.15, -0.1) is 0 Å². The minimum absolute atomic E-state index is 0.0283. The third-order valence-corrected chi connectivity index (χ3v) is 3.69. The number of rotatable bonds is 10. The second kappa shape index (κ2) is 10.6. The maximum absolute atomic E-state index is 11.8. The van der Waals surface area contributed by atoms with Gasteiger partial charge in [0.05, 0.1) is 6.61 Å². The topological polar surface area (TPSA) is 101 Å². The van der Waals surface area contributed by atoms with Gasteiger partial charge in [0.15, 0.2) is 0 Å². The molecule has 0 atom stereocenters. The minimum atomic E-state index is -0.155. The van der Waals surface area contributed by atoms with Crippen LogP contribution < -0.4 is 16.0 Å². The Balaban J connectivity index is 1.33. The highest BCUT2D eigenvalue weighted by Crippen LogP contribution is 2.13. The first-order chi connectivity index (χ1) is 13.8. The lowest BCUT2D eigenvalue weighted by molar-refractivity contribution is -0.126. The van der Waals surface area contributed by atoms with Crippen molar-refractivity contribution < 1.29 is 9.53 Å². The molecule has 0 bridgehead atoms. The molecule has 0 aliphatic carbocycles. The summed E-state index contributed by atoms with van der Waals surface area (Å²) in [5.41, 5.74) is 1.04. The Morgan fingerprint density at radius 1 is 0.893 bits per heavy atom. The molecule has 0 radical (unpaired) electrons. The lowest BCUT2D eigenvalue weighted by Gasteiger charge is -2.09. The van der Waals surface area contributed by atoms with Crippen LogP contribution in [0, 0.1) is 0 Å². The van der Waals surface area contributed by atoms with E-state index in [-0.39, 0.29) is 12.5 Å². The summed E-state index contributed by atoms with van der Waals surface area (Å²) in [4.78, 5) is 24.3. The van der Waals surface area contributed by atoms with Crippen LogP contribution >= 0.6 is 0 Å². The molecule has 3 rings (SSSR count). The van der Waals surface area contributed by atoms with Gasteiger partial charge in [-0.1, -0.05) is 36.4 Å².